The Kier molecular flexibility index (Phi) is 6.33. The van der Waals surface area contributed by atoms with Crippen LogP contribution in [0.25, 0.3) is 0 Å². The molecule has 2 rings (SSSR count). The molecule has 0 radical (unpaired) electrons. The average Bonchev–Trinajstić information content (AvgIpc) is 2.40. The molecule has 1 saturated carbocycles. The van der Waals surface area contributed by atoms with Crippen molar-refractivity contribution < 1.29 is 0 Å². The zero-order valence-corrected chi connectivity index (χ0v) is 13.0. The summed E-state index contributed by atoms with van der Waals surface area (Å²) in [5.74, 6) is 4.49. The van der Waals surface area contributed by atoms with Gasteiger partial charge in [-0.05, 0) is 24.7 Å². The Morgan fingerprint density at radius 2 is 2.00 bits per heavy atom. The monoisotopic (exact) mass is 270 g/mol. The molecule has 0 bridgehead atoms. The van der Waals surface area contributed by atoms with Crippen LogP contribution in [-0.2, 0) is 0 Å². The first-order valence-corrected chi connectivity index (χ1v) is 8.94. The van der Waals surface area contributed by atoms with Gasteiger partial charge in [-0.15, -0.1) is 0 Å². The van der Waals surface area contributed by atoms with Crippen molar-refractivity contribution in [3.63, 3.8) is 0 Å². The van der Waals surface area contributed by atoms with Gasteiger partial charge in [0.15, 0.2) is 0 Å². The van der Waals surface area contributed by atoms with Gasteiger partial charge in [0, 0.05) is 43.7 Å². The van der Waals surface area contributed by atoms with Gasteiger partial charge in [0.25, 0.3) is 0 Å². The van der Waals surface area contributed by atoms with E-state index in [1.807, 2.05) is 0 Å². The lowest BCUT2D eigenvalue weighted by Gasteiger charge is -2.33. The van der Waals surface area contributed by atoms with E-state index in [4.69, 9.17) is 0 Å². The lowest BCUT2D eigenvalue weighted by molar-refractivity contribution is 0.222. The zero-order chi connectivity index (χ0) is 12.8. The van der Waals surface area contributed by atoms with Crippen molar-refractivity contribution in [3.8, 4) is 0 Å². The van der Waals surface area contributed by atoms with Gasteiger partial charge in [-0.25, -0.2) is 0 Å². The van der Waals surface area contributed by atoms with Crippen molar-refractivity contribution in [2.45, 2.75) is 45.6 Å². The molecule has 106 valence electrons. The summed E-state index contributed by atoms with van der Waals surface area (Å²) in [6.45, 7) is 9.82. The number of nitrogens with zero attached hydrogens (tertiary/aromatic N) is 1. The Labute approximate surface area is 117 Å². The van der Waals surface area contributed by atoms with Crippen molar-refractivity contribution in [1.82, 2.24) is 10.2 Å². The highest BCUT2D eigenvalue weighted by Crippen LogP contribution is 2.29. The van der Waals surface area contributed by atoms with Gasteiger partial charge < -0.3 is 10.2 Å². The summed E-state index contributed by atoms with van der Waals surface area (Å²) in [6, 6.07) is 0.797. The maximum atomic E-state index is 3.81. The van der Waals surface area contributed by atoms with Gasteiger partial charge in [0.05, 0.1) is 0 Å². The fourth-order valence-electron chi connectivity index (χ4n) is 3.27. The highest BCUT2D eigenvalue weighted by atomic mass is 32.2. The van der Waals surface area contributed by atoms with E-state index < -0.39 is 0 Å². The second-order valence-corrected chi connectivity index (χ2v) is 7.50. The molecule has 18 heavy (non-hydrogen) atoms. The minimum absolute atomic E-state index is 0.797. The van der Waals surface area contributed by atoms with Gasteiger partial charge in [-0.2, -0.15) is 11.8 Å². The third-order valence-electron chi connectivity index (χ3n) is 4.62. The van der Waals surface area contributed by atoms with Crippen LogP contribution in [0, 0.1) is 11.8 Å². The molecule has 3 heteroatoms. The zero-order valence-electron chi connectivity index (χ0n) is 12.2. The van der Waals surface area contributed by atoms with Gasteiger partial charge in [0.2, 0.25) is 0 Å². The third-order valence-corrected chi connectivity index (χ3v) is 5.56. The fourth-order valence-corrected chi connectivity index (χ4v) is 4.25. The molecule has 1 aliphatic heterocycles. The van der Waals surface area contributed by atoms with Crippen LogP contribution in [0.1, 0.15) is 39.5 Å². The summed E-state index contributed by atoms with van der Waals surface area (Å²) >= 11 is 2.10. The van der Waals surface area contributed by atoms with Crippen molar-refractivity contribution in [2.24, 2.45) is 11.8 Å². The van der Waals surface area contributed by atoms with E-state index in [9.17, 15) is 0 Å². The van der Waals surface area contributed by atoms with Gasteiger partial charge in [0.1, 0.15) is 0 Å². The predicted molar refractivity (Wildman–Crippen MR) is 82.4 cm³/mol. The largest absolute Gasteiger partial charge is 0.313 e. The van der Waals surface area contributed by atoms with Gasteiger partial charge in [-0.1, -0.05) is 26.7 Å². The molecule has 2 fully saturated rings. The van der Waals surface area contributed by atoms with Crippen molar-refractivity contribution in [3.05, 3.63) is 0 Å². The highest BCUT2D eigenvalue weighted by Gasteiger charge is 2.23. The Balaban J connectivity index is 1.60. The molecule has 0 aromatic carbocycles. The topological polar surface area (TPSA) is 15.3 Å². The average molecular weight is 270 g/mol. The Morgan fingerprint density at radius 1 is 1.22 bits per heavy atom. The first kappa shape index (κ1) is 14.7. The number of thioether (sulfide) groups is 1. The van der Waals surface area contributed by atoms with Crippen LogP contribution >= 0.6 is 11.8 Å². The maximum absolute atomic E-state index is 3.81. The number of hydrogen-bond acceptors (Lipinski definition) is 3. The maximum Gasteiger partial charge on any atom is 0.0108 e. The van der Waals surface area contributed by atoms with Gasteiger partial charge >= 0.3 is 0 Å². The van der Waals surface area contributed by atoms with Gasteiger partial charge in [-0.3, -0.25) is 0 Å². The van der Waals surface area contributed by atoms with Crippen LogP contribution in [0.15, 0.2) is 0 Å². The minimum atomic E-state index is 0.797. The summed E-state index contributed by atoms with van der Waals surface area (Å²) in [6.07, 6.45) is 5.70. The number of rotatable bonds is 5. The van der Waals surface area contributed by atoms with E-state index in [0.717, 1.165) is 17.9 Å². The highest BCUT2D eigenvalue weighted by molar-refractivity contribution is 7.99. The third kappa shape index (κ3) is 4.75. The number of nitrogens with one attached hydrogen (secondary N) is 1. The summed E-state index contributed by atoms with van der Waals surface area (Å²) in [4.78, 5) is 2.62. The van der Waals surface area contributed by atoms with Crippen LogP contribution in [0.2, 0.25) is 0 Å². The molecule has 1 heterocycles. The molecule has 0 spiro atoms. The van der Waals surface area contributed by atoms with Crippen molar-refractivity contribution in [2.75, 3.05) is 37.7 Å². The minimum Gasteiger partial charge on any atom is -0.313 e. The van der Waals surface area contributed by atoms with Crippen molar-refractivity contribution in [1.29, 1.82) is 0 Å². The molecular weight excluding hydrogens is 240 g/mol. The van der Waals surface area contributed by atoms with E-state index in [-0.39, 0.29) is 0 Å². The molecule has 2 aliphatic rings. The standard InChI is InChI=1S/C15H30N2S/c1-13(2)14-4-3-5-15(12-14)16-6-7-17-8-10-18-11-9-17/h13-16H,3-12H2,1-2H3. The molecular formula is C15H30N2S. The molecule has 1 saturated heterocycles. The smallest absolute Gasteiger partial charge is 0.0108 e. The van der Waals surface area contributed by atoms with Crippen LogP contribution in [0.3, 0.4) is 0 Å². The van der Waals surface area contributed by atoms with E-state index in [1.165, 1.54) is 63.4 Å². The quantitative estimate of drug-likeness (QED) is 0.827. The van der Waals surface area contributed by atoms with E-state index >= 15 is 0 Å². The molecule has 0 amide bonds. The van der Waals surface area contributed by atoms with Crippen LogP contribution < -0.4 is 5.32 Å². The lowest BCUT2D eigenvalue weighted by atomic mass is 9.79. The second-order valence-electron chi connectivity index (χ2n) is 6.28. The Morgan fingerprint density at radius 3 is 2.72 bits per heavy atom. The van der Waals surface area contributed by atoms with E-state index in [1.54, 1.807) is 0 Å². The van der Waals surface area contributed by atoms with Crippen LogP contribution in [0.4, 0.5) is 0 Å². The summed E-state index contributed by atoms with van der Waals surface area (Å²) in [5.41, 5.74) is 0. The summed E-state index contributed by atoms with van der Waals surface area (Å²) < 4.78 is 0. The molecule has 2 atom stereocenters. The molecule has 2 nitrogen and oxygen atoms in total. The normalized spacial score (nSPS) is 30.8. The molecule has 1 N–H and O–H groups in total. The molecule has 1 aliphatic carbocycles. The van der Waals surface area contributed by atoms with Crippen LogP contribution in [0.5, 0.6) is 0 Å². The van der Waals surface area contributed by atoms with E-state index in [2.05, 4.69) is 35.8 Å². The SMILES string of the molecule is CC(C)C1CCCC(NCCN2CCSCC2)C1. The fraction of sp³-hybridized carbons (Fsp3) is 1.00. The number of hydrogen-bond donors (Lipinski definition) is 1. The lowest BCUT2D eigenvalue weighted by Crippen LogP contribution is -2.42. The first-order valence-electron chi connectivity index (χ1n) is 7.79. The summed E-state index contributed by atoms with van der Waals surface area (Å²) in [7, 11) is 0. The Bertz CT molecular complexity index is 227. The molecule has 0 aromatic heterocycles. The van der Waals surface area contributed by atoms with Crippen LogP contribution in [-0.4, -0.2) is 48.6 Å². The summed E-state index contributed by atoms with van der Waals surface area (Å²) in [5, 5.41) is 3.81. The second kappa shape index (κ2) is 7.76. The predicted octanol–water partition coefficient (Wildman–Crippen LogP) is 2.84. The molecule has 0 aromatic rings. The Hall–Kier alpha value is 0.270. The van der Waals surface area contributed by atoms with Crippen molar-refractivity contribution >= 4 is 11.8 Å². The molecule has 2 unspecified atom stereocenters. The first-order chi connectivity index (χ1) is 8.75. The van der Waals surface area contributed by atoms with E-state index in [0.29, 0.717) is 0 Å².